The maximum absolute atomic E-state index is 12.9. The first-order chi connectivity index (χ1) is 8.54. The summed E-state index contributed by atoms with van der Waals surface area (Å²) < 4.78 is 14.7. The molecule has 0 fully saturated rings. The van der Waals surface area contributed by atoms with E-state index in [0.717, 1.165) is 17.5 Å². The first-order valence-electron chi connectivity index (χ1n) is 5.75. The SMILES string of the molecule is CC(N)Cc1cnn(Cc2ccc(F)cc2Cl)c1. The van der Waals surface area contributed by atoms with E-state index in [2.05, 4.69) is 5.10 Å². The Balaban J connectivity index is 2.11. The van der Waals surface area contributed by atoms with Gasteiger partial charge < -0.3 is 5.73 Å². The second-order valence-corrected chi connectivity index (χ2v) is 4.87. The smallest absolute Gasteiger partial charge is 0.124 e. The quantitative estimate of drug-likeness (QED) is 0.925. The second-order valence-electron chi connectivity index (χ2n) is 4.46. The van der Waals surface area contributed by atoms with E-state index in [0.29, 0.717) is 11.6 Å². The van der Waals surface area contributed by atoms with Crippen LogP contribution in [-0.4, -0.2) is 15.8 Å². The third-order valence-electron chi connectivity index (χ3n) is 2.59. The summed E-state index contributed by atoms with van der Waals surface area (Å²) in [5, 5.41) is 4.65. The van der Waals surface area contributed by atoms with Crippen LogP contribution in [0.25, 0.3) is 0 Å². The predicted octanol–water partition coefficient (Wildman–Crippen LogP) is 2.61. The minimum absolute atomic E-state index is 0.108. The zero-order valence-corrected chi connectivity index (χ0v) is 10.9. The molecule has 0 aliphatic heterocycles. The molecule has 0 bridgehead atoms. The van der Waals surface area contributed by atoms with Crippen molar-refractivity contribution in [2.75, 3.05) is 0 Å². The molecule has 2 aromatic rings. The van der Waals surface area contributed by atoms with Crippen molar-refractivity contribution in [1.82, 2.24) is 9.78 Å². The molecule has 2 rings (SSSR count). The lowest BCUT2D eigenvalue weighted by atomic mass is 10.1. The third kappa shape index (κ3) is 3.31. The van der Waals surface area contributed by atoms with E-state index in [9.17, 15) is 4.39 Å². The molecule has 3 nitrogen and oxygen atoms in total. The molecule has 0 aliphatic rings. The van der Waals surface area contributed by atoms with E-state index in [1.54, 1.807) is 16.9 Å². The Morgan fingerprint density at radius 3 is 2.94 bits per heavy atom. The second kappa shape index (κ2) is 5.50. The average Bonchev–Trinajstić information content (AvgIpc) is 2.69. The highest BCUT2D eigenvalue weighted by atomic mass is 35.5. The summed E-state index contributed by atoms with van der Waals surface area (Å²) in [5.74, 6) is -0.332. The molecule has 1 heterocycles. The van der Waals surface area contributed by atoms with E-state index in [1.165, 1.54) is 12.1 Å². The highest BCUT2D eigenvalue weighted by Crippen LogP contribution is 2.18. The summed E-state index contributed by atoms with van der Waals surface area (Å²) in [6.07, 6.45) is 4.51. The van der Waals surface area contributed by atoms with Crippen molar-refractivity contribution in [3.8, 4) is 0 Å². The molecule has 1 aromatic heterocycles. The van der Waals surface area contributed by atoms with Crippen molar-refractivity contribution in [3.05, 3.63) is 52.6 Å². The molecule has 0 saturated heterocycles. The average molecular weight is 268 g/mol. The molecular formula is C13H15ClFN3. The van der Waals surface area contributed by atoms with Gasteiger partial charge in [0.05, 0.1) is 12.7 Å². The van der Waals surface area contributed by atoms with Gasteiger partial charge in [-0.1, -0.05) is 17.7 Å². The first kappa shape index (κ1) is 13.1. The number of hydrogen-bond donors (Lipinski definition) is 1. The van der Waals surface area contributed by atoms with E-state index in [1.807, 2.05) is 13.1 Å². The molecule has 1 unspecified atom stereocenters. The van der Waals surface area contributed by atoms with Gasteiger partial charge in [-0.25, -0.2) is 4.39 Å². The Kier molecular flexibility index (Phi) is 3.99. The summed E-state index contributed by atoms with van der Waals surface area (Å²) in [4.78, 5) is 0. The van der Waals surface area contributed by atoms with Crippen LogP contribution in [0, 0.1) is 5.82 Å². The number of halogens is 2. The van der Waals surface area contributed by atoms with Crippen LogP contribution in [-0.2, 0) is 13.0 Å². The van der Waals surface area contributed by atoms with Crippen molar-refractivity contribution >= 4 is 11.6 Å². The van der Waals surface area contributed by atoms with E-state index < -0.39 is 0 Å². The van der Waals surface area contributed by atoms with Crippen LogP contribution >= 0.6 is 11.6 Å². The minimum atomic E-state index is -0.332. The summed E-state index contributed by atoms with van der Waals surface area (Å²) in [6.45, 7) is 2.48. The number of nitrogens with zero attached hydrogens (tertiary/aromatic N) is 2. The van der Waals surface area contributed by atoms with Crippen LogP contribution in [0.1, 0.15) is 18.1 Å². The Morgan fingerprint density at radius 2 is 2.28 bits per heavy atom. The lowest BCUT2D eigenvalue weighted by Crippen LogP contribution is -2.17. The summed E-state index contributed by atoms with van der Waals surface area (Å²) in [5.41, 5.74) is 7.65. The van der Waals surface area contributed by atoms with Gasteiger partial charge in [0.2, 0.25) is 0 Å². The molecular weight excluding hydrogens is 253 g/mol. The largest absolute Gasteiger partial charge is 0.328 e. The molecule has 96 valence electrons. The van der Waals surface area contributed by atoms with Gasteiger partial charge in [-0.3, -0.25) is 4.68 Å². The van der Waals surface area contributed by atoms with Crippen molar-refractivity contribution in [2.45, 2.75) is 25.9 Å². The van der Waals surface area contributed by atoms with Gasteiger partial charge in [0, 0.05) is 17.3 Å². The van der Waals surface area contributed by atoms with Crippen molar-refractivity contribution in [1.29, 1.82) is 0 Å². The molecule has 0 amide bonds. The molecule has 1 atom stereocenters. The van der Waals surface area contributed by atoms with Gasteiger partial charge in [0.15, 0.2) is 0 Å². The predicted molar refractivity (Wildman–Crippen MR) is 70.1 cm³/mol. The van der Waals surface area contributed by atoms with Gasteiger partial charge in [-0.05, 0) is 36.6 Å². The normalized spacial score (nSPS) is 12.7. The van der Waals surface area contributed by atoms with Gasteiger partial charge in [0.1, 0.15) is 5.82 Å². The number of rotatable bonds is 4. The van der Waals surface area contributed by atoms with E-state index in [4.69, 9.17) is 17.3 Å². The Morgan fingerprint density at radius 1 is 1.50 bits per heavy atom. The molecule has 2 N–H and O–H groups in total. The van der Waals surface area contributed by atoms with Crippen molar-refractivity contribution in [2.24, 2.45) is 5.73 Å². The van der Waals surface area contributed by atoms with Gasteiger partial charge >= 0.3 is 0 Å². The fourth-order valence-electron chi connectivity index (χ4n) is 1.79. The topological polar surface area (TPSA) is 43.8 Å². The number of nitrogens with two attached hydrogens (primary N) is 1. The van der Waals surface area contributed by atoms with Crippen molar-refractivity contribution < 1.29 is 4.39 Å². The van der Waals surface area contributed by atoms with E-state index >= 15 is 0 Å². The van der Waals surface area contributed by atoms with Crippen LogP contribution in [0.5, 0.6) is 0 Å². The number of aromatic nitrogens is 2. The number of hydrogen-bond acceptors (Lipinski definition) is 2. The Hall–Kier alpha value is -1.39. The lowest BCUT2D eigenvalue weighted by molar-refractivity contribution is 0.624. The zero-order valence-electron chi connectivity index (χ0n) is 10.1. The highest BCUT2D eigenvalue weighted by molar-refractivity contribution is 6.31. The fraction of sp³-hybridized carbons (Fsp3) is 0.308. The molecule has 0 spiro atoms. The first-order valence-corrected chi connectivity index (χ1v) is 6.13. The monoisotopic (exact) mass is 267 g/mol. The Labute approximate surface area is 110 Å². The maximum atomic E-state index is 12.9. The molecule has 0 aliphatic carbocycles. The minimum Gasteiger partial charge on any atom is -0.328 e. The number of benzene rings is 1. The van der Waals surface area contributed by atoms with Crippen LogP contribution in [0.15, 0.2) is 30.6 Å². The van der Waals surface area contributed by atoms with Crippen LogP contribution in [0.3, 0.4) is 0 Å². The zero-order chi connectivity index (χ0) is 13.1. The van der Waals surface area contributed by atoms with Crippen molar-refractivity contribution in [3.63, 3.8) is 0 Å². The van der Waals surface area contributed by atoms with Crippen LogP contribution in [0.2, 0.25) is 5.02 Å². The van der Waals surface area contributed by atoms with Gasteiger partial charge in [-0.15, -0.1) is 0 Å². The van der Waals surface area contributed by atoms with Crippen LogP contribution in [0.4, 0.5) is 4.39 Å². The summed E-state index contributed by atoms with van der Waals surface area (Å²) in [7, 11) is 0. The highest BCUT2D eigenvalue weighted by Gasteiger charge is 2.05. The molecule has 18 heavy (non-hydrogen) atoms. The van der Waals surface area contributed by atoms with Gasteiger partial charge in [0.25, 0.3) is 0 Å². The molecule has 0 saturated carbocycles. The lowest BCUT2D eigenvalue weighted by Gasteiger charge is -2.04. The van der Waals surface area contributed by atoms with Gasteiger partial charge in [-0.2, -0.15) is 5.10 Å². The standard InChI is InChI=1S/C13H15ClFN3/c1-9(16)4-10-6-17-18(7-10)8-11-2-3-12(15)5-13(11)14/h2-3,5-7,9H,4,8,16H2,1H3. The summed E-state index contributed by atoms with van der Waals surface area (Å²) in [6, 6.07) is 4.48. The molecule has 5 heteroatoms. The molecule has 0 radical (unpaired) electrons. The van der Waals surface area contributed by atoms with Crippen LogP contribution < -0.4 is 5.73 Å². The Bertz CT molecular complexity index is 537. The molecule has 1 aromatic carbocycles. The summed E-state index contributed by atoms with van der Waals surface area (Å²) >= 11 is 5.97. The third-order valence-corrected chi connectivity index (χ3v) is 2.94. The van der Waals surface area contributed by atoms with E-state index in [-0.39, 0.29) is 11.9 Å². The maximum Gasteiger partial charge on any atom is 0.124 e. The fourth-order valence-corrected chi connectivity index (χ4v) is 2.02.